The molecule has 0 saturated carbocycles. The van der Waals surface area contributed by atoms with Crippen molar-refractivity contribution in [1.29, 1.82) is 0 Å². The Labute approximate surface area is 126 Å². The fourth-order valence-corrected chi connectivity index (χ4v) is 2.94. The number of carbonyl (C=O) groups excluding carboxylic acids is 1. The lowest BCUT2D eigenvalue weighted by Gasteiger charge is -2.31. The molecule has 4 heteroatoms. The van der Waals surface area contributed by atoms with Gasteiger partial charge < -0.3 is 10.2 Å². The minimum atomic E-state index is 0.0989. The average Bonchev–Trinajstić information content (AvgIpc) is 2.63. The molecule has 1 aliphatic rings. The highest BCUT2D eigenvalue weighted by atomic mass is 35.5. The minimum Gasteiger partial charge on any atom is -0.334 e. The van der Waals surface area contributed by atoms with Crippen LogP contribution in [0, 0.1) is 5.92 Å². The minimum absolute atomic E-state index is 0.0989. The third-order valence-corrected chi connectivity index (χ3v) is 3.88. The van der Waals surface area contributed by atoms with E-state index in [9.17, 15) is 4.79 Å². The molecule has 1 saturated heterocycles. The van der Waals surface area contributed by atoms with Crippen LogP contribution >= 0.6 is 11.6 Å². The standard InChI is InChI=1S/C16H23ClN2O/c1-12(2)9-15-11-18-7-4-8-19(15)16(20)13-5-3-6-14(17)10-13/h3,5-6,10,12,15,18H,4,7-9,11H2,1-2H3. The molecule has 1 N–H and O–H groups in total. The van der Waals surface area contributed by atoms with Crippen LogP contribution in [-0.2, 0) is 0 Å². The van der Waals surface area contributed by atoms with E-state index < -0.39 is 0 Å². The van der Waals surface area contributed by atoms with E-state index in [4.69, 9.17) is 11.6 Å². The fraction of sp³-hybridized carbons (Fsp3) is 0.562. The monoisotopic (exact) mass is 294 g/mol. The van der Waals surface area contributed by atoms with Crippen molar-refractivity contribution >= 4 is 17.5 Å². The fourth-order valence-electron chi connectivity index (χ4n) is 2.75. The quantitative estimate of drug-likeness (QED) is 0.928. The second-order valence-corrected chi connectivity index (χ2v) is 6.29. The third kappa shape index (κ3) is 3.97. The molecule has 0 radical (unpaired) electrons. The molecule has 1 aliphatic heterocycles. The number of hydrogen-bond acceptors (Lipinski definition) is 2. The van der Waals surface area contributed by atoms with Gasteiger partial charge >= 0.3 is 0 Å². The van der Waals surface area contributed by atoms with E-state index in [0.717, 1.165) is 32.5 Å². The van der Waals surface area contributed by atoms with E-state index in [0.29, 0.717) is 16.5 Å². The van der Waals surface area contributed by atoms with Crippen LogP contribution in [0.2, 0.25) is 5.02 Å². The molecule has 110 valence electrons. The van der Waals surface area contributed by atoms with Crippen molar-refractivity contribution in [3.05, 3.63) is 34.9 Å². The van der Waals surface area contributed by atoms with Crippen molar-refractivity contribution in [3.63, 3.8) is 0 Å². The lowest BCUT2D eigenvalue weighted by atomic mass is 10.0. The van der Waals surface area contributed by atoms with Crippen LogP contribution in [0.25, 0.3) is 0 Å². The van der Waals surface area contributed by atoms with Crippen LogP contribution in [-0.4, -0.2) is 36.5 Å². The highest BCUT2D eigenvalue weighted by Crippen LogP contribution is 2.19. The van der Waals surface area contributed by atoms with Crippen molar-refractivity contribution in [2.45, 2.75) is 32.7 Å². The molecule has 0 aromatic heterocycles. The Morgan fingerprint density at radius 2 is 2.30 bits per heavy atom. The van der Waals surface area contributed by atoms with E-state index in [1.165, 1.54) is 0 Å². The summed E-state index contributed by atoms with van der Waals surface area (Å²) >= 11 is 6.00. The predicted molar refractivity (Wildman–Crippen MR) is 83.2 cm³/mol. The first-order valence-electron chi connectivity index (χ1n) is 7.35. The molecule has 20 heavy (non-hydrogen) atoms. The molecule has 1 fully saturated rings. The van der Waals surface area contributed by atoms with Gasteiger partial charge in [-0.15, -0.1) is 0 Å². The highest BCUT2D eigenvalue weighted by Gasteiger charge is 2.26. The zero-order valence-electron chi connectivity index (χ0n) is 12.2. The molecule has 3 nitrogen and oxygen atoms in total. The molecule has 1 heterocycles. The SMILES string of the molecule is CC(C)CC1CNCCCN1C(=O)c1cccc(Cl)c1. The predicted octanol–water partition coefficient (Wildman–Crippen LogP) is 3.19. The number of nitrogens with zero attached hydrogens (tertiary/aromatic N) is 1. The first-order valence-corrected chi connectivity index (χ1v) is 7.73. The Bertz CT molecular complexity index is 462. The summed E-state index contributed by atoms with van der Waals surface area (Å²) in [4.78, 5) is 14.8. The van der Waals surface area contributed by atoms with E-state index in [1.54, 1.807) is 12.1 Å². The van der Waals surface area contributed by atoms with Crippen molar-refractivity contribution < 1.29 is 4.79 Å². The van der Waals surface area contributed by atoms with Gasteiger partial charge in [-0.05, 0) is 43.5 Å². The Morgan fingerprint density at radius 1 is 1.50 bits per heavy atom. The molecular formula is C16H23ClN2O. The molecular weight excluding hydrogens is 272 g/mol. The van der Waals surface area contributed by atoms with Crippen molar-refractivity contribution in [2.24, 2.45) is 5.92 Å². The number of hydrogen-bond donors (Lipinski definition) is 1. The zero-order valence-corrected chi connectivity index (χ0v) is 13.0. The first-order chi connectivity index (χ1) is 9.58. The van der Waals surface area contributed by atoms with Crippen molar-refractivity contribution in [1.82, 2.24) is 10.2 Å². The molecule has 1 aromatic rings. The molecule has 0 aliphatic carbocycles. The summed E-state index contributed by atoms with van der Waals surface area (Å²) in [5, 5.41) is 4.05. The van der Waals surface area contributed by atoms with Crippen LogP contribution in [0.1, 0.15) is 37.0 Å². The largest absolute Gasteiger partial charge is 0.334 e. The number of halogens is 1. The van der Waals surface area contributed by atoms with Gasteiger partial charge in [0, 0.05) is 29.7 Å². The van der Waals surface area contributed by atoms with Crippen LogP contribution in [0.3, 0.4) is 0 Å². The van der Waals surface area contributed by atoms with Crippen molar-refractivity contribution in [3.8, 4) is 0 Å². The smallest absolute Gasteiger partial charge is 0.254 e. The van der Waals surface area contributed by atoms with Gasteiger partial charge in [0.15, 0.2) is 0 Å². The average molecular weight is 295 g/mol. The van der Waals surface area contributed by atoms with E-state index in [1.807, 2.05) is 17.0 Å². The van der Waals surface area contributed by atoms with Crippen LogP contribution in [0.15, 0.2) is 24.3 Å². The molecule has 1 aromatic carbocycles. The topological polar surface area (TPSA) is 32.3 Å². The maximum atomic E-state index is 12.7. The van der Waals surface area contributed by atoms with Gasteiger partial charge in [-0.3, -0.25) is 4.79 Å². The van der Waals surface area contributed by atoms with E-state index >= 15 is 0 Å². The van der Waals surface area contributed by atoms with Gasteiger partial charge in [0.1, 0.15) is 0 Å². The Balaban J connectivity index is 2.19. The van der Waals surface area contributed by atoms with Gasteiger partial charge in [-0.25, -0.2) is 0 Å². The number of carbonyl (C=O) groups is 1. The summed E-state index contributed by atoms with van der Waals surface area (Å²) < 4.78 is 0. The van der Waals surface area contributed by atoms with Gasteiger partial charge in [-0.2, -0.15) is 0 Å². The summed E-state index contributed by atoms with van der Waals surface area (Å²) in [6.07, 6.45) is 2.03. The maximum Gasteiger partial charge on any atom is 0.254 e. The van der Waals surface area contributed by atoms with Gasteiger partial charge in [0.2, 0.25) is 0 Å². The van der Waals surface area contributed by atoms with Crippen LogP contribution in [0.5, 0.6) is 0 Å². The molecule has 2 rings (SSSR count). The van der Waals surface area contributed by atoms with E-state index in [-0.39, 0.29) is 11.9 Å². The zero-order chi connectivity index (χ0) is 14.5. The van der Waals surface area contributed by atoms with Gasteiger partial charge in [0.05, 0.1) is 0 Å². The Morgan fingerprint density at radius 3 is 3.00 bits per heavy atom. The second kappa shape index (κ2) is 7.09. The number of rotatable bonds is 3. The van der Waals surface area contributed by atoms with E-state index in [2.05, 4.69) is 19.2 Å². The number of benzene rings is 1. The number of nitrogens with one attached hydrogen (secondary N) is 1. The first kappa shape index (κ1) is 15.3. The van der Waals surface area contributed by atoms with Crippen LogP contribution < -0.4 is 5.32 Å². The molecule has 1 unspecified atom stereocenters. The molecule has 1 amide bonds. The Hall–Kier alpha value is -1.06. The molecule has 1 atom stereocenters. The molecule has 0 spiro atoms. The summed E-state index contributed by atoms with van der Waals surface area (Å²) in [7, 11) is 0. The number of amides is 1. The van der Waals surface area contributed by atoms with Crippen LogP contribution in [0.4, 0.5) is 0 Å². The van der Waals surface area contributed by atoms with Crippen molar-refractivity contribution in [2.75, 3.05) is 19.6 Å². The second-order valence-electron chi connectivity index (χ2n) is 5.85. The summed E-state index contributed by atoms with van der Waals surface area (Å²) in [5.74, 6) is 0.677. The summed E-state index contributed by atoms with van der Waals surface area (Å²) in [5.41, 5.74) is 0.688. The van der Waals surface area contributed by atoms with Gasteiger partial charge in [0.25, 0.3) is 5.91 Å². The summed E-state index contributed by atoms with van der Waals surface area (Å²) in [6, 6.07) is 7.51. The molecule has 0 bridgehead atoms. The normalized spacial score (nSPS) is 20.0. The Kier molecular flexibility index (Phi) is 5.44. The van der Waals surface area contributed by atoms with Gasteiger partial charge in [-0.1, -0.05) is 31.5 Å². The lowest BCUT2D eigenvalue weighted by Crippen LogP contribution is -2.44. The highest BCUT2D eigenvalue weighted by molar-refractivity contribution is 6.30. The third-order valence-electron chi connectivity index (χ3n) is 3.65. The lowest BCUT2D eigenvalue weighted by molar-refractivity contribution is 0.0673. The summed E-state index contributed by atoms with van der Waals surface area (Å²) in [6.45, 7) is 7.08. The maximum absolute atomic E-state index is 12.7.